The molecule has 0 spiro atoms. The molecular formula is C16H29NS2. The number of thioether (sulfide) groups is 2. The second-order valence-electron chi connectivity index (χ2n) is 4.78. The number of hydrogen-bond acceptors (Lipinski definition) is 2. The van der Waals surface area contributed by atoms with E-state index in [1.54, 1.807) is 11.8 Å². The van der Waals surface area contributed by atoms with Crippen molar-refractivity contribution in [2.75, 3.05) is 11.6 Å². The lowest BCUT2D eigenvalue weighted by atomic mass is 10.1. The lowest BCUT2D eigenvalue weighted by molar-refractivity contribution is 0.563. The number of hydrogen-bond donors (Lipinski definition) is 0. The monoisotopic (exact) mass is 299 g/mol. The fraction of sp³-hybridized carbons (Fsp3) is 0.812. The molecule has 3 heteroatoms. The summed E-state index contributed by atoms with van der Waals surface area (Å²) in [4.78, 5) is 3.29. The Morgan fingerprint density at radius 2 is 1.32 bits per heavy atom. The van der Waals surface area contributed by atoms with Crippen molar-refractivity contribution in [2.45, 2.75) is 71.1 Å². The number of rotatable bonds is 14. The lowest BCUT2D eigenvalue weighted by Crippen LogP contribution is -1.82. The van der Waals surface area contributed by atoms with Gasteiger partial charge in [0, 0.05) is 0 Å². The van der Waals surface area contributed by atoms with Gasteiger partial charge >= 0.3 is 0 Å². The van der Waals surface area contributed by atoms with Crippen molar-refractivity contribution in [3.8, 4) is 0 Å². The molecule has 0 N–H and O–H groups in total. The number of nitrogens with zero attached hydrogens (tertiary/aromatic N) is 1. The van der Waals surface area contributed by atoms with Crippen LogP contribution in [0.4, 0.5) is 0 Å². The fourth-order valence-corrected chi connectivity index (χ4v) is 3.20. The highest BCUT2D eigenvalue weighted by Crippen LogP contribution is 2.14. The molecule has 19 heavy (non-hydrogen) atoms. The van der Waals surface area contributed by atoms with Gasteiger partial charge in [0.2, 0.25) is 0 Å². The van der Waals surface area contributed by atoms with E-state index >= 15 is 0 Å². The molecular weight excluding hydrogens is 270 g/mol. The van der Waals surface area contributed by atoms with E-state index in [1.807, 2.05) is 17.2 Å². The second kappa shape index (κ2) is 17.9. The van der Waals surface area contributed by atoms with Crippen LogP contribution in [0.5, 0.6) is 0 Å². The molecule has 0 saturated heterocycles. The first-order chi connectivity index (χ1) is 9.41. The maximum atomic E-state index is 6.64. The molecule has 0 fully saturated rings. The zero-order valence-corrected chi connectivity index (χ0v) is 14.0. The van der Waals surface area contributed by atoms with Gasteiger partial charge in [-0.15, -0.1) is 11.8 Å². The third-order valence-electron chi connectivity index (χ3n) is 3.00. The van der Waals surface area contributed by atoms with Gasteiger partial charge in [-0.3, -0.25) is 0 Å². The maximum absolute atomic E-state index is 6.64. The van der Waals surface area contributed by atoms with E-state index in [0.717, 1.165) is 0 Å². The summed E-state index contributed by atoms with van der Waals surface area (Å²) >= 11 is 3.46. The van der Waals surface area contributed by atoms with Gasteiger partial charge in [-0.05, 0) is 34.8 Å². The molecule has 0 aromatic heterocycles. The first kappa shape index (κ1) is 18.9. The molecule has 0 bridgehead atoms. The summed E-state index contributed by atoms with van der Waals surface area (Å²) < 4.78 is 0. The predicted molar refractivity (Wildman–Crippen MR) is 92.5 cm³/mol. The van der Waals surface area contributed by atoms with Gasteiger partial charge in [-0.25, -0.2) is 6.57 Å². The summed E-state index contributed by atoms with van der Waals surface area (Å²) in [7, 11) is 0. The maximum Gasteiger partial charge on any atom is 0.263 e. The third-order valence-corrected chi connectivity index (χ3v) is 4.63. The van der Waals surface area contributed by atoms with Crippen LogP contribution in [-0.4, -0.2) is 11.6 Å². The standard InChI is InChI=1S/C16H29NS2/c1-3-4-5-6-7-8-9-10-11-12-13-18-14-15-19-16-17-2/h14-15H,3-13,16H2,1H3. The van der Waals surface area contributed by atoms with Gasteiger partial charge < -0.3 is 4.85 Å². The summed E-state index contributed by atoms with van der Waals surface area (Å²) in [5, 5.41) is 4.17. The van der Waals surface area contributed by atoms with E-state index in [4.69, 9.17) is 6.57 Å². The van der Waals surface area contributed by atoms with Crippen molar-refractivity contribution in [1.29, 1.82) is 0 Å². The van der Waals surface area contributed by atoms with Gasteiger partial charge in [-0.2, -0.15) is 0 Å². The Hall–Kier alpha value is -0.0700. The zero-order chi connectivity index (χ0) is 14.0. The zero-order valence-electron chi connectivity index (χ0n) is 12.4. The van der Waals surface area contributed by atoms with Crippen LogP contribution in [0.2, 0.25) is 0 Å². The summed E-state index contributed by atoms with van der Waals surface area (Å²) in [5.41, 5.74) is 0. The van der Waals surface area contributed by atoms with Crippen molar-refractivity contribution < 1.29 is 0 Å². The van der Waals surface area contributed by atoms with Crippen LogP contribution in [-0.2, 0) is 0 Å². The largest absolute Gasteiger partial charge is 0.305 e. The topological polar surface area (TPSA) is 4.36 Å². The van der Waals surface area contributed by atoms with E-state index in [9.17, 15) is 0 Å². The molecule has 0 saturated carbocycles. The van der Waals surface area contributed by atoms with Crippen LogP contribution in [0.3, 0.4) is 0 Å². The Morgan fingerprint density at radius 1 is 0.789 bits per heavy atom. The molecule has 110 valence electrons. The van der Waals surface area contributed by atoms with Crippen LogP contribution < -0.4 is 0 Å². The van der Waals surface area contributed by atoms with E-state index in [1.165, 1.54) is 70.0 Å². The number of unbranched alkanes of at least 4 members (excludes halogenated alkanes) is 9. The van der Waals surface area contributed by atoms with E-state index in [2.05, 4.69) is 17.2 Å². The van der Waals surface area contributed by atoms with E-state index in [-0.39, 0.29) is 0 Å². The fourth-order valence-electron chi connectivity index (χ4n) is 1.90. The molecule has 0 amide bonds. The lowest BCUT2D eigenvalue weighted by Gasteiger charge is -2.01. The van der Waals surface area contributed by atoms with Crippen LogP contribution in [0.1, 0.15) is 71.1 Å². The van der Waals surface area contributed by atoms with Crippen LogP contribution in [0.15, 0.2) is 10.8 Å². The van der Waals surface area contributed by atoms with Crippen molar-refractivity contribution >= 4 is 23.5 Å². The Labute approximate surface area is 128 Å². The minimum Gasteiger partial charge on any atom is -0.305 e. The molecule has 0 heterocycles. The normalized spacial score (nSPS) is 10.9. The van der Waals surface area contributed by atoms with Crippen molar-refractivity contribution in [3.63, 3.8) is 0 Å². The molecule has 0 aromatic carbocycles. The Morgan fingerprint density at radius 3 is 1.89 bits per heavy atom. The average molecular weight is 300 g/mol. The highest BCUT2D eigenvalue weighted by molar-refractivity contribution is 8.05. The Bertz CT molecular complexity index is 233. The van der Waals surface area contributed by atoms with Crippen molar-refractivity contribution in [2.24, 2.45) is 0 Å². The molecule has 0 atom stereocenters. The van der Waals surface area contributed by atoms with Gasteiger partial charge in [-0.1, -0.05) is 64.7 Å². The molecule has 0 aliphatic rings. The Balaban J connectivity index is 2.99. The molecule has 0 unspecified atom stereocenters. The first-order valence-corrected chi connectivity index (χ1v) is 9.73. The van der Waals surface area contributed by atoms with Gasteiger partial charge in [0.25, 0.3) is 5.88 Å². The van der Waals surface area contributed by atoms with Gasteiger partial charge in [0.15, 0.2) is 0 Å². The quantitative estimate of drug-likeness (QED) is 0.259. The Kier molecular flexibility index (Phi) is 17.9. The minimum absolute atomic E-state index is 0.551. The van der Waals surface area contributed by atoms with E-state index < -0.39 is 0 Å². The van der Waals surface area contributed by atoms with Crippen LogP contribution >= 0.6 is 23.5 Å². The smallest absolute Gasteiger partial charge is 0.263 e. The van der Waals surface area contributed by atoms with Crippen molar-refractivity contribution in [3.05, 3.63) is 22.2 Å². The minimum atomic E-state index is 0.551. The van der Waals surface area contributed by atoms with Crippen LogP contribution in [0.25, 0.3) is 4.85 Å². The molecule has 0 aromatic rings. The molecule has 0 radical (unpaired) electrons. The molecule has 0 rings (SSSR count). The predicted octanol–water partition coefficient (Wildman–Crippen LogP) is 6.72. The molecule has 1 nitrogen and oxygen atoms in total. The highest BCUT2D eigenvalue weighted by Gasteiger charge is 1.92. The van der Waals surface area contributed by atoms with E-state index in [0.29, 0.717) is 5.88 Å². The van der Waals surface area contributed by atoms with Gasteiger partial charge in [0.05, 0.1) is 0 Å². The highest BCUT2D eigenvalue weighted by atomic mass is 32.2. The molecule has 0 aliphatic carbocycles. The summed E-state index contributed by atoms with van der Waals surface area (Å²) in [5.74, 6) is 1.78. The summed E-state index contributed by atoms with van der Waals surface area (Å²) in [6.45, 7) is 8.91. The van der Waals surface area contributed by atoms with Crippen LogP contribution in [0, 0.1) is 6.57 Å². The summed E-state index contributed by atoms with van der Waals surface area (Å²) in [6.07, 6.45) is 14.1. The van der Waals surface area contributed by atoms with Gasteiger partial charge in [0.1, 0.15) is 0 Å². The third kappa shape index (κ3) is 17.9. The summed E-state index contributed by atoms with van der Waals surface area (Å²) in [6, 6.07) is 0. The second-order valence-corrected chi connectivity index (χ2v) is 6.66. The molecule has 0 aliphatic heterocycles. The van der Waals surface area contributed by atoms with Crippen molar-refractivity contribution in [1.82, 2.24) is 0 Å². The first-order valence-electron chi connectivity index (χ1n) is 7.63. The average Bonchev–Trinajstić information content (AvgIpc) is 2.43. The SMILES string of the molecule is [C-]#[N+]CSC=CSCCCCCCCCCCCC.